The van der Waals surface area contributed by atoms with E-state index in [9.17, 15) is 0 Å². The molecule has 84 valence electrons. The van der Waals surface area contributed by atoms with Crippen molar-refractivity contribution in [1.29, 1.82) is 5.26 Å². The Labute approximate surface area is 104 Å². The Hall–Kier alpha value is -2.05. The highest BCUT2D eigenvalue weighted by Crippen LogP contribution is 2.26. The van der Waals surface area contributed by atoms with E-state index >= 15 is 0 Å². The Morgan fingerprint density at radius 3 is 2.53 bits per heavy atom. The molecule has 3 nitrogen and oxygen atoms in total. The van der Waals surface area contributed by atoms with Crippen LogP contribution in [0.25, 0.3) is 11.1 Å². The van der Waals surface area contributed by atoms with Gasteiger partial charge in [0.25, 0.3) is 5.82 Å². The minimum Gasteiger partial charge on any atom is -0.286 e. The zero-order chi connectivity index (χ0) is 12.4. The van der Waals surface area contributed by atoms with Gasteiger partial charge in [-0.15, -0.1) is 0 Å². The number of halogens is 1. The smallest absolute Gasteiger partial charge is 0.286 e. The van der Waals surface area contributed by atoms with Crippen molar-refractivity contribution in [2.75, 3.05) is 5.73 Å². The van der Waals surface area contributed by atoms with Crippen molar-refractivity contribution >= 4 is 17.4 Å². The maximum Gasteiger partial charge on any atom is 0.289 e. The number of nitrogens with one attached hydrogen (secondary N) is 1. The Bertz CT molecular complexity index is 597. The Balaban J connectivity index is 2.66. The van der Waals surface area contributed by atoms with E-state index in [2.05, 4.69) is 11.1 Å². The molecule has 0 fully saturated rings. The van der Waals surface area contributed by atoms with Crippen LogP contribution in [0.1, 0.15) is 11.3 Å². The maximum atomic E-state index is 9.13. The number of aryl methyl sites for hydroxylation is 1. The number of hydrogen-bond acceptors (Lipinski definition) is 2. The SMILES string of the molecule is Cc1cc(-c2ccc(Cl)cc2)c(C#N)c(N)[nH+]1. The third-order valence-electron chi connectivity index (χ3n) is 2.50. The van der Waals surface area contributed by atoms with Crippen LogP contribution >= 0.6 is 11.6 Å². The van der Waals surface area contributed by atoms with E-state index in [1.807, 2.05) is 25.1 Å². The number of H-pyrrole nitrogens is 1. The minimum absolute atomic E-state index is 0.387. The van der Waals surface area contributed by atoms with Crippen molar-refractivity contribution in [1.82, 2.24) is 0 Å². The van der Waals surface area contributed by atoms with Gasteiger partial charge in [0.1, 0.15) is 11.6 Å². The molecule has 0 saturated carbocycles. The molecule has 17 heavy (non-hydrogen) atoms. The molecule has 0 unspecified atom stereocenters. The average molecular weight is 245 g/mol. The monoisotopic (exact) mass is 244 g/mol. The molecule has 0 aliphatic carbocycles. The normalized spacial score (nSPS) is 9.94. The van der Waals surface area contributed by atoms with Crippen LogP contribution in [0.3, 0.4) is 0 Å². The second kappa shape index (κ2) is 4.44. The van der Waals surface area contributed by atoms with Crippen LogP contribution in [0.4, 0.5) is 5.82 Å². The first-order valence-corrected chi connectivity index (χ1v) is 5.48. The largest absolute Gasteiger partial charge is 0.289 e. The quantitative estimate of drug-likeness (QED) is 0.838. The number of aromatic amines is 1. The van der Waals surface area contributed by atoms with Crippen LogP contribution in [-0.2, 0) is 0 Å². The fourth-order valence-electron chi connectivity index (χ4n) is 1.72. The lowest BCUT2D eigenvalue weighted by atomic mass is 10.0. The van der Waals surface area contributed by atoms with Crippen molar-refractivity contribution in [3.05, 3.63) is 46.6 Å². The summed E-state index contributed by atoms with van der Waals surface area (Å²) in [4.78, 5) is 2.94. The highest BCUT2D eigenvalue weighted by atomic mass is 35.5. The van der Waals surface area contributed by atoms with E-state index in [4.69, 9.17) is 22.6 Å². The summed E-state index contributed by atoms with van der Waals surface area (Å²) in [6.07, 6.45) is 0. The molecule has 0 bridgehead atoms. The molecule has 2 aromatic rings. The average Bonchev–Trinajstić information content (AvgIpc) is 2.29. The molecule has 4 heteroatoms. The molecular formula is C13H11ClN3+. The maximum absolute atomic E-state index is 9.13. The molecule has 0 atom stereocenters. The number of rotatable bonds is 1. The topological polar surface area (TPSA) is 64.0 Å². The summed E-state index contributed by atoms with van der Waals surface area (Å²) >= 11 is 5.84. The van der Waals surface area contributed by atoms with E-state index in [-0.39, 0.29) is 0 Å². The van der Waals surface area contributed by atoms with Gasteiger partial charge in [0.05, 0.1) is 5.69 Å². The Morgan fingerprint density at radius 1 is 1.29 bits per heavy atom. The summed E-state index contributed by atoms with van der Waals surface area (Å²) in [6, 6.07) is 11.3. The fourth-order valence-corrected chi connectivity index (χ4v) is 1.85. The zero-order valence-corrected chi connectivity index (χ0v) is 10.0. The molecule has 1 aromatic heterocycles. The molecule has 3 N–H and O–H groups in total. The van der Waals surface area contributed by atoms with Crippen molar-refractivity contribution in [3.8, 4) is 17.2 Å². The molecule has 0 aliphatic heterocycles. The van der Waals surface area contributed by atoms with Crippen molar-refractivity contribution in [2.24, 2.45) is 0 Å². The van der Waals surface area contributed by atoms with E-state index in [1.165, 1.54) is 0 Å². The fraction of sp³-hybridized carbons (Fsp3) is 0.0769. The van der Waals surface area contributed by atoms with Crippen LogP contribution in [-0.4, -0.2) is 0 Å². The number of anilines is 1. The number of aromatic nitrogens is 1. The summed E-state index contributed by atoms with van der Waals surface area (Å²) < 4.78 is 0. The first-order chi connectivity index (χ1) is 8.11. The lowest BCUT2D eigenvalue weighted by Crippen LogP contribution is -2.16. The van der Waals surface area contributed by atoms with Gasteiger partial charge in [0.15, 0.2) is 0 Å². The molecule has 2 rings (SSSR count). The molecule has 0 amide bonds. The molecule has 0 radical (unpaired) electrons. The van der Waals surface area contributed by atoms with Crippen molar-refractivity contribution < 1.29 is 4.98 Å². The second-order valence-corrected chi connectivity index (χ2v) is 4.21. The standard InChI is InChI=1S/C13H10ClN3/c1-8-6-11(12(7-15)13(16)17-8)9-2-4-10(14)5-3-9/h2-6H,1H3,(H2,16,17)/p+1. The molecule has 1 aromatic carbocycles. The van der Waals surface area contributed by atoms with Gasteiger partial charge in [0.2, 0.25) is 0 Å². The number of nitriles is 1. The van der Waals surface area contributed by atoms with Gasteiger partial charge in [-0.2, -0.15) is 5.26 Å². The molecular weight excluding hydrogens is 234 g/mol. The Morgan fingerprint density at radius 2 is 1.94 bits per heavy atom. The first kappa shape index (κ1) is 11.4. The van der Waals surface area contributed by atoms with E-state index < -0.39 is 0 Å². The highest BCUT2D eigenvalue weighted by Gasteiger charge is 2.14. The van der Waals surface area contributed by atoms with Gasteiger partial charge in [0, 0.05) is 10.6 Å². The molecule has 1 heterocycles. The zero-order valence-electron chi connectivity index (χ0n) is 9.29. The predicted octanol–water partition coefficient (Wildman–Crippen LogP) is 2.58. The van der Waals surface area contributed by atoms with Gasteiger partial charge >= 0.3 is 0 Å². The van der Waals surface area contributed by atoms with E-state index in [0.29, 0.717) is 16.4 Å². The molecule has 0 aliphatic rings. The molecule has 0 spiro atoms. The van der Waals surface area contributed by atoms with E-state index in [0.717, 1.165) is 16.8 Å². The first-order valence-electron chi connectivity index (χ1n) is 5.10. The second-order valence-electron chi connectivity index (χ2n) is 3.77. The Kier molecular flexibility index (Phi) is 2.99. The predicted molar refractivity (Wildman–Crippen MR) is 67.3 cm³/mol. The van der Waals surface area contributed by atoms with Crippen molar-refractivity contribution in [3.63, 3.8) is 0 Å². The van der Waals surface area contributed by atoms with E-state index in [1.54, 1.807) is 12.1 Å². The number of hydrogen-bond donors (Lipinski definition) is 1. The van der Waals surface area contributed by atoms with Gasteiger partial charge in [-0.05, 0) is 30.7 Å². The minimum atomic E-state index is 0.387. The highest BCUT2D eigenvalue weighted by molar-refractivity contribution is 6.30. The van der Waals surface area contributed by atoms with Crippen LogP contribution in [0, 0.1) is 18.3 Å². The summed E-state index contributed by atoms with van der Waals surface area (Å²) in [5.41, 5.74) is 8.90. The third-order valence-corrected chi connectivity index (χ3v) is 2.75. The van der Waals surface area contributed by atoms with Gasteiger partial charge < -0.3 is 0 Å². The van der Waals surface area contributed by atoms with Crippen LogP contribution in [0.2, 0.25) is 5.02 Å². The third kappa shape index (κ3) is 2.22. The van der Waals surface area contributed by atoms with Crippen LogP contribution in [0.5, 0.6) is 0 Å². The van der Waals surface area contributed by atoms with Gasteiger partial charge in [-0.25, -0.2) is 4.98 Å². The number of nitrogen functional groups attached to an aromatic ring is 1. The van der Waals surface area contributed by atoms with Gasteiger partial charge in [-0.3, -0.25) is 5.73 Å². The lowest BCUT2D eigenvalue weighted by Gasteiger charge is -2.05. The summed E-state index contributed by atoms with van der Waals surface area (Å²) in [5, 5.41) is 9.80. The summed E-state index contributed by atoms with van der Waals surface area (Å²) in [5.74, 6) is 0.387. The van der Waals surface area contributed by atoms with Gasteiger partial charge in [-0.1, -0.05) is 23.7 Å². The number of pyridine rings is 1. The lowest BCUT2D eigenvalue weighted by molar-refractivity contribution is -0.370. The van der Waals surface area contributed by atoms with Crippen LogP contribution in [0.15, 0.2) is 30.3 Å². The number of benzene rings is 1. The summed E-state index contributed by atoms with van der Waals surface area (Å²) in [7, 11) is 0. The summed E-state index contributed by atoms with van der Waals surface area (Å²) in [6.45, 7) is 1.90. The molecule has 0 saturated heterocycles. The number of nitrogens with two attached hydrogens (primary N) is 1. The van der Waals surface area contributed by atoms with Crippen LogP contribution < -0.4 is 10.7 Å². The van der Waals surface area contributed by atoms with Crippen molar-refractivity contribution in [2.45, 2.75) is 6.92 Å². The number of nitrogens with zero attached hydrogens (tertiary/aromatic N) is 1.